The van der Waals surface area contributed by atoms with Gasteiger partial charge in [0.2, 0.25) is 0 Å². The molecule has 0 saturated carbocycles. The molecule has 0 aliphatic carbocycles. The van der Waals surface area contributed by atoms with Crippen molar-refractivity contribution in [2.24, 2.45) is 15.3 Å². The number of anilines is 1. The number of carbonyl (C=O) groups excluding carboxylic acids is 2. The molecule has 18 heteroatoms. The molecule has 0 saturated heterocycles. The number of rotatable bonds is 6. The van der Waals surface area contributed by atoms with Crippen molar-refractivity contribution in [1.82, 2.24) is 0 Å². The van der Waals surface area contributed by atoms with Gasteiger partial charge < -0.3 is 32.5 Å². The van der Waals surface area contributed by atoms with Gasteiger partial charge in [0.05, 0.1) is 112 Å². The largest absolute Gasteiger partial charge is 0.744 e. The number of quaternary nitrogens is 3. The lowest BCUT2D eigenvalue weighted by atomic mass is 10.2. The number of carbonyl (C=O) groups is 2. The van der Waals surface area contributed by atoms with E-state index in [1.807, 2.05) is 0 Å². The van der Waals surface area contributed by atoms with Crippen molar-refractivity contribution >= 4 is 49.2 Å². The monoisotopic (exact) mass is 687 g/mol. The van der Waals surface area contributed by atoms with Crippen molar-refractivity contribution in [3.8, 4) is 0 Å². The van der Waals surface area contributed by atoms with E-state index in [2.05, 4.69) is 99.9 Å². The van der Waals surface area contributed by atoms with E-state index in [1.165, 1.54) is 0 Å². The van der Waals surface area contributed by atoms with Crippen LogP contribution in [0.5, 0.6) is 0 Å². The van der Waals surface area contributed by atoms with Crippen molar-refractivity contribution in [2.75, 3.05) is 89.6 Å². The van der Waals surface area contributed by atoms with Gasteiger partial charge in [0.25, 0.3) is 5.91 Å². The Hall–Kier alpha value is -3.65. The van der Waals surface area contributed by atoms with Crippen LogP contribution in [0.15, 0.2) is 73.7 Å². The van der Waals surface area contributed by atoms with Crippen LogP contribution in [-0.2, 0) is 29.8 Å². The van der Waals surface area contributed by atoms with Gasteiger partial charge in [-0.1, -0.05) is 0 Å². The summed E-state index contributed by atoms with van der Waals surface area (Å²) in [5.41, 5.74) is -0.812. The van der Waals surface area contributed by atoms with Crippen LogP contribution in [0.25, 0.3) is 0 Å². The first kappa shape index (κ1) is 42.3. The fourth-order valence-electron chi connectivity index (χ4n) is 2.44. The molecule has 3 rings (SSSR count). The van der Waals surface area contributed by atoms with Crippen molar-refractivity contribution in [1.29, 1.82) is 0 Å². The first-order valence-corrected chi connectivity index (χ1v) is 16.2. The Balaban J connectivity index is 0.00000112. The standard InChI is InChI=1S/C16H12N4O9S2.3C4H12N/c21-15-13(18-17-9-1-5-11(6-2-9)30(24,25)26)14(16(22)23)19-20(15)10-3-7-12(8-4-10)31(27,28)29;3*1-5(2,3)4/h1-8,13H,(H,22,23)(H,24,25,26)(H,27,28,29);3*1-4H3/q;3*+1/p-3. The van der Waals surface area contributed by atoms with Gasteiger partial charge in [-0.3, -0.25) is 4.79 Å². The number of carboxylic acid groups (broad SMARTS) is 1. The predicted molar refractivity (Wildman–Crippen MR) is 169 cm³/mol. The number of hydrogen-bond acceptors (Lipinski definition) is 12. The Kier molecular flexibility index (Phi) is 15.0. The molecule has 258 valence electrons. The summed E-state index contributed by atoms with van der Waals surface area (Å²) in [4.78, 5) is 22.8. The third-order valence-electron chi connectivity index (χ3n) is 3.90. The zero-order valence-corrected chi connectivity index (χ0v) is 30.0. The van der Waals surface area contributed by atoms with Crippen LogP contribution in [0.4, 0.5) is 11.4 Å². The number of nitrogens with zero attached hydrogens (tertiary/aromatic N) is 7. The summed E-state index contributed by atoms with van der Waals surface area (Å²) in [5.74, 6) is -2.77. The summed E-state index contributed by atoms with van der Waals surface area (Å²) < 4.78 is 68.7. The van der Waals surface area contributed by atoms with Crippen molar-refractivity contribution in [3.05, 3.63) is 48.5 Å². The summed E-state index contributed by atoms with van der Waals surface area (Å²) in [5, 5.41) is 22.8. The van der Waals surface area contributed by atoms with Gasteiger partial charge in [-0.25, -0.2) is 16.8 Å². The minimum Gasteiger partial charge on any atom is -0.744 e. The van der Waals surface area contributed by atoms with Crippen molar-refractivity contribution in [3.63, 3.8) is 0 Å². The Labute approximate surface area is 272 Å². The molecule has 0 radical (unpaired) electrons. The molecule has 1 unspecified atom stereocenters. The number of amides is 1. The summed E-state index contributed by atoms with van der Waals surface area (Å²) in [6.45, 7) is 0. The molecule has 46 heavy (non-hydrogen) atoms. The highest BCUT2D eigenvalue weighted by molar-refractivity contribution is 7.86. The quantitative estimate of drug-likeness (QED) is 0.228. The highest BCUT2D eigenvalue weighted by Crippen LogP contribution is 2.25. The molecule has 1 aliphatic heterocycles. The lowest BCUT2D eigenvalue weighted by molar-refractivity contribution is -0.849. The second-order valence-corrected chi connectivity index (χ2v) is 16.7. The molecule has 1 amide bonds. The van der Waals surface area contributed by atoms with Gasteiger partial charge in [-0.15, -0.1) is 0 Å². The first-order chi connectivity index (χ1) is 20.4. The molecule has 0 bridgehead atoms. The minimum absolute atomic E-state index is 0.0151. The fraction of sp³-hybridized carbons (Fsp3) is 0.464. The Morgan fingerprint density at radius 2 is 1.02 bits per heavy atom. The second kappa shape index (κ2) is 16.3. The topological polar surface area (TPSA) is 212 Å². The summed E-state index contributed by atoms with van der Waals surface area (Å²) in [7, 11) is 16.1. The number of hydrazone groups is 1. The van der Waals surface area contributed by atoms with Crippen LogP contribution < -0.4 is 10.1 Å². The normalized spacial score (nSPS) is 15.5. The number of carboxylic acids is 1. The number of aliphatic carboxylic acids is 1. The van der Waals surface area contributed by atoms with Crippen LogP contribution in [0.3, 0.4) is 0 Å². The van der Waals surface area contributed by atoms with E-state index >= 15 is 0 Å². The highest BCUT2D eigenvalue weighted by Gasteiger charge is 2.38. The molecular formula is C28H45N7O9S2. The third kappa shape index (κ3) is 19.0. The van der Waals surface area contributed by atoms with E-state index in [0.717, 1.165) is 62.0 Å². The van der Waals surface area contributed by atoms with E-state index in [4.69, 9.17) is 0 Å². The summed E-state index contributed by atoms with van der Waals surface area (Å²) >= 11 is 0. The molecular weight excluding hydrogens is 642 g/mol. The molecule has 2 aromatic carbocycles. The fourth-order valence-corrected chi connectivity index (χ4v) is 3.38. The van der Waals surface area contributed by atoms with Crippen LogP contribution in [0.1, 0.15) is 0 Å². The number of benzene rings is 2. The number of hydrogen-bond donors (Lipinski definition) is 0. The lowest BCUT2D eigenvalue weighted by Crippen LogP contribution is -2.39. The first-order valence-electron chi connectivity index (χ1n) is 13.4. The maximum absolute atomic E-state index is 12.6. The maximum Gasteiger partial charge on any atom is 0.280 e. The highest BCUT2D eigenvalue weighted by atomic mass is 32.2. The van der Waals surface area contributed by atoms with Crippen LogP contribution in [0.2, 0.25) is 0 Å². The zero-order valence-electron chi connectivity index (χ0n) is 28.3. The molecule has 0 N–H and O–H groups in total. The Morgan fingerprint density at radius 1 is 0.696 bits per heavy atom. The minimum atomic E-state index is -4.73. The van der Waals surface area contributed by atoms with Gasteiger partial charge in [0, 0.05) is 0 Å². The second-order valence-electron chi connectivity index (χ2n) is 14.0. The van der Waals surface area contributed by atoms with Gasteiger partial charge in [0.1, 0.15) is 25.9 Å². The van der Waals surface area contributed by atoms with E-state index in [1.54, 1.807) is 0 Å². The zero-order chi connectivity index (χ0) is 36.5. The van der Waals surface area contributed by atoms with E-state index in [9.17, 15) is 40.6 Å². The SMILES string of the molecule is C[N+](C)(C)C.C[N+](C)(C)C.C[N+](C)(C)C.O=C([O-])C1=NN(c2ccc(S(=O)(=O)[O-])cc2)C(=O)C1N=Nc1ccc(S(=O)(=O)[O-])cc1. The van der Waals surface area contributed by atoms with Crippen molar-refractivity contribution < 1.29 is 54.1 Å². The van der Waals surface area contributed by atoms with Gasteiger partial charge in [-0.05, 0) is 48.5 Å². The van der Waals surface area contributed by atoms with Gasteiger partial charge in [0.15, 0.2) is 6.04 Å². The van der Waals surface area contributed by atoms with Gasteiger partial charge in [-0.2, -0.15) is 20.3 Å². The Morgan fingerprint density at radius 3 is 1.33 bits per heavy atom. The molecule has 1 aliphatic rings. The molecule has 16 nitrogen and oxygen atoms in total. The van der Waals surface area contributed by atoms with Crippen LogP contribution in [-0.4, -0.2) is 148 Å². The molecule has 1 heterocycles. The molecule has 1 atom stereocenters. The van der Waals surface area contributed by atoms with Crippen LogP contribution in [0, 0.1) is 0 Å². The average molecular weight is 688 g/mol. The van der Waals surface area contributed by atoms with Crippen molar-refractivity contribution in [2.45, 2.75) is 15.8 Å². The average Bonchev–Trinajstić information content (AvgIpc) is 3.15. The summed E-state index contributed by atoms with van der Waals surface area (Å²) in [6.07, 6.45) is 0. The lowest BCUT2D eigenvalue weighted by Gasteiger charge is -2.14. The predicted octanol–water partition coefficient (Wildman–Crippen LogP) is 0.0670. The number of azo groups is 1. The Bertz CT molecular complexity index is 1560. The van der Waals surface area contributed by atoms with E-state index < -0.39 is 53.7 Å². The summed E-state index contributed by atoms with van der Waals surface area (Å²) in [6, 6.07) is 6.40. The smallest absolute Gasteiger partial charge is 0.280 e. The molecule has 0 spiro atoms. The molecule has 0 fully saturated rings. The van der Waals surface area contributed by atoms with Gasteiger partial charge >= 0.3 is 0 Å². The third-order valence-corrected chi connectivity index (χ3v) is 5.60. The van der Waals surface area contributed by atoms with E-state index in [0.29, 0.717) is 5.01 Å². The molecule has 0 aromatic heterocycles. The molecule has 2 aromatic rings. The van der Waals surface area contributed by atoms with E-state index in [-0.39, 0.29) is 11.4 Å². The maximum atomic E-state index is 12.6. The van der Waals surface area contributed by atoms with Crippen LogP contribution >= 0.6 is 0 Å².